The molecule has 3 nitrogen and oxygen atoms in total. The summed E-state index contributed by atoms with van der Waals surface area (Å²) in [6.45, 7) is 3.94. The number of nitrogens with zero attached hydrogens (tertiary/aromatic N) is 1. The fourth-order valence-corrected chi connectivity index (χ4v) is 1.96. The van der Waals surface area contributed by atoms with Gasteiger partial charge in [0.15, 0.2) is 0 Å². The molecule has 0 saturated heterocycles. The van der Waals surface area contributed by atoms with Crippen LogP contribution in [0.2, 0.25) is 0 Å². The van der Waals surface area contributed by atoms with Crippen LogP contribution in [-0.2, 0) is 0 Å². The first-order chi connectivity index (χ1) is 9.00. The smallest absolute Gasteiger partial charge is 0.258 e. The number of carbonyl (C=O) groups excluding carboxylic acids is 1. The standard InChI is InChI=1S/C16H17NO2/c1-11-5-4-6-15(12(11)2)16(19)17(3)13-7-9-14(18)10-8-13/h4-10,18H,1-3H3. The Morgan fingerprint density at radius 3 is 2.32 bits per heavy atom. The second-order valence-corrected chi connectivity index (χ2v) is 4.63. The van der Waals surface area contributed by atoms with Gasteiger partial charge >= 0.3 is 0 Å². The van der Waals surface area contributed by atoms with Crippen LogP contribution >= 0.6 is 0 Å². The molecule has 0 aliphatic heterocycles. The van der Waals surface area contributed by atoms with Gasteiger partial charge in [-0.3, -0.25) is 4.79 Å². The maximum absolute atomic E-state index is 12.5. The summed E-state index contributed by atoms with van der Waals surface area (Å²) in [6.07, 6.45) is 0. The number of aryl methyl sites for hydroxylation is 1. The molecule has 2 rings (SSSR count). The van der Waals surface area contributed by atoms with Gasteiger partial charge in [-0.1, -0.05) is 12.1 Å². The molecule has 0 saturated carbocycles. The van der Waals surface area contributed by atoms with Crippen LogP contribution in [0.4, 0.5) is 5.69 Å². The Balaban J connectivity index is 2.33. The number of aromatic hydroxyl groups is 1. The van der Waals surface area contributed by atoms with Crippen molar-refractivity contribution < 1.29 is 9.90 Å². The predicted octanol–water partition coefficient (Wildman–Crippen LogP) is 3.29. The molecule has 3 heteroatoms. The van der Waals surface area contributed by atoms with E-state index in [1.54, 1.807) is 36.2 Å². The third kappa shape index (κ3) is 2.60. The molecular weight excluding hydrogens is 238 g/mol. The summed E-state index contributed by atoms with van der Waals surface area (Å²) < 4.78 is 0. The lowest BCUT2D eigenvalue weighted by atomic mass is 10.0. The number of hydrogen-bond donors (Lipinski definition) is 1. The molecule has 0 heterocycles. The Labute approximate surface area is 113 Å². The van der Waals surface area contributed by atoms with Crippen LogP contribution in [-0.4, -0.2) is 18.1 Å². The van der Waals surface area contributed by atoms with E-state index in [1.807, 2.05) is 32.0 Å². The maximum Gasteiger partial charge on any atom is 0.258 e. The summed E-state index contributed by atoms with van der Waals surface area (Å²) in [5.41, 5.74) is 3.56. The highest BCUT2D eigenvalue weighted by molar-refractivity contribution is 6.06. The first-order valence-corrected chi connectivity index (χ1v) is 6.14. The van der Waals surface area contributed by atoms with E-state index < -0.39 is 0 Å². The third-order valence-corrected chi connectivity index (χ3v) is 3.38. The lowest BCUT2D eigenvalue weighted by Crippen LogP contribution is -2.27. The van der Waals surface area contributed by atoms with Crippen LogP contribution < -0.4 is 4.90 Å². The minimum absolute atomic E-state index is 0.0492. The zero-order valence-electron chi connectivity index (χ0n) is 11.3. The first-order valence-electron chi connectivity index (χ1n) is 6.14. The lowest BCUT2D eigenvalue weighted by molar-refractivity contribution is 0.0992. The summed E-state index contributed by atoms with van der Waals surface area (Å²) in [4.78, 5) is 14.1. The molecule has 0 aliphatic carbocycles. The molecule has 0 unspecified atom stereocenters. The average molecular weight is 255 g/mol. The number of hydrogen-bond acceptors (Lipinski definition) is 2. The fraction of sp³-hybridized carbons (Fsp3) is 0.188. The molecule has 0 fully saturated rings. The molecular formula is C16H17NO2. The van der Waals surface area contributed by atoms with Gasteiger partial charge in [-0.25, -0.2) is 0 Å². The molecule has 0 aliphatic rings. The van der Waals surface area contributed by atoms with Crippen LogP contribution in [0, 0.1) is 13.8 Å². The summed E-state index contributed by atoms with van der Waals surface area (Å²) >= 11 is 0. The normalized spacial score (nSPS) is 10.3. The zero-order valence-corrected chi connectivity index (χ0v) is 11.3. The highest BCUT2D eigenvalue weighted by Crippen LogP contribution is 2.21. The van der Waals surface area contributed by atoms with Crippen molar-refractivity contribution in [3.05, 3.63) is 59.2 Å². The van der Waals surface area contributed by atoms with Crippen molar-refractivity contribution >= 4 is 11.6 Å². The Kier molecular flexibility index (Phi) is 3.56. The van der Waals surface area contributed by atoms with Crippen molar-refractivity contribution in [3.63, 3.8) is 0 Å². The number of rotatable bonds is 2. The van der Waals surface area contributed by atoms with Crippen molar-refractivity contribution in [3.8, 4) is 5.75 Å². The Morgan fingerprint density at radius 2 is 1.68 bits per heavy atom. The second-order valence-electron chi connectivity index (χ2n) is 4.63. The molecule has 1 N–H and O–H groups in total. The van der Waals surface area contributed by atoms with E-state index in [1.165, 1.54) is 0 Å². The van der Waals surface area contributed by atoms with Gasteiger partial charge in [0.1, 0.15) is 5.75 Å². The van der Waals surface area contributed by atoms with E-state index in [4.69, 9.17) is 0 Å². The van der Waals surface area contributed by atoms with Crippen LogP contribution in [0.25, 0.3) is 0 Å². The summed E-state index contributed by atoms with van der Waals surface area (Å²) in [6, 6.07) is 12.3. The number of phenolic OH excluding ortho intramolecular Hbond substituents is 1. The highest BCUT2D eigenvalue weighted by Gasteiger charge is 2.16. The fourth-order valence-electron chi connectivity index (χ4n) is 1.96. The zero-order chi connectivity index (χ0) is 14.0. The van der Waals surface area contributed by atoms with Gasteiger partial charge in [0.2, 0.25) is 0 Å². The first kappa shape index (κ1) is 13.1. The monoisotopic (exact) mass is 255 g/mol. The molecule has 2 aromatic rings. The Morgan fingerprint density at radius 1 is 1.05 bits per heavy atom. The molecule has 0 bridgehead atoms. The van der Waals surface area contributed by atoms with Crippen LogP contribution in [0.3, 0.4) is 0 Å². The highest BCUT2D eigenvalue weighted by atomic mass is 16.3. The number of carbonyl (C=O) groups is 1. The van der Waals surface area contributed by atoms with Crippen LogP contribution in [0.15, 0.2) is 42.5 Å². The topological polar surface area (TPSA) is 40.5 Å². The minimum Gasteiger partial charge on any atom is -0.508 e. The predicted molar refractivity (Wildman–Crippen MR) is 76.8 cm³/mol. The SMILES string of the molecule is Cc1cccc(C(=O)N(C)c2ccc(O)cc2)c1C. The van der Waals surface area contributed by atoms with Crippen LogP contribution in [0.5, 0.6) is 5.75 Å². The average Bonchev–Trinajstić information content (AvgIpc) is 2.41. The van der Waals surface area contributed by atoms with Crippen molar-refractivity contribution in [1.82, 2.24) is 0 Å². The number of phenols is 1. The van der Waals surface area contributed by atoms with Gasteiger partial charge in [-0.15, -0.1) is 0 Å². The van der Waals surface area contributed by atoms with Gasteiger partial charge in [0.05, 0.1) is 0 Å². The number of benzene rings is 2. The molecule has 1 amide bonds. The van der Waals surface area contributed by atoms with Gasteiger partial charge in [-0.05, 0) is 55.3 Å². The third-order valence-electron chi connectivity index (χ3n) is 3.38. The largest absolute Gasteiger partial charge is 0.508 e. The van der Waals surface area contributed by atoms with Crippen molar-refractivity contribution in [2.24, 2.45) is 0 Å². The Bertz CT molecular complexity index is 603. The van der Waals surface area contributed by atoms with Gasteiger partial charge < -0.3 is 10.0 Å². The summed E-state index contributed by atoms with van der Waals surface area (Å²) in [7, 11) is 1.73. The molecule has 2 aromatic carbocycles. The van der Waals surface area contributed by atoms with Gasteiger partial charge in [-0.2, -0.15) is 0 Å². The van der Waals surface area contributed by atoms with E-state index in [0.29, 0.717) is 5.56 Å². The van der Waals surface area contributed by atoms with E-state index in [2.05, 4.69) is 0 Å². The number of amides is 1. The van der Waals surface area contributed by atoms with E-state index in [0.717, 1.165) is 16.8 Å². The molecule has 0 atom stereocenters. The second kappa shape index (κ2) is 5.14. The number of anilines is 1. The molecule has 0 aromatic heterocycles. The van der Waals surface area contributed by atoms with Gasteiger partial charge in [0.25, 0.3) is 5.91 Å². The summed E-state index contributed by atoms with van der Waals surface area (Å²) in [5.74, 6) is 0.142. The van der Waals surface area contributed by atoms with E-state index in [9.17, 15) is 9.90 Å². The van der Waals surface area contributed by atoms with Crippen molar-refractivity contribution in [2.75, 3.05) is 11.9 Å². The quantitative estimate of drug-likeness (QED) is 0.894. The van der Waals surface area contributed by atoms with Crippen molar-refractivity contribution in [1.29, 1.82) is 0 Å². The lowest BCUT2D eigenvalue weighted by Gasteiger charge is -2.19. The molecule has 98 valence electrons. The molecule has 19 heavy (non-hydrogen) atoms. The molecule has 0 radical (unpaired) electrons. The Hall–Kier alpha value is -2.29. The van der Waals surface area contributed by atoms with Crippen LogP contribution in [0.1, 0.15) is 21.5 Å². The van der Waals surface area contributed by atoms with E-state index >= 15 is 0 Å². The summed E-state index contributed by atoms with van der Waals surface area (Å²) in [5, 5.41) is 9.27. The minimum atomic E-state index is -0.0492. The maximum atomic E-state index is 12.5. The van der Waals surface area contributed by atoms with Gasteiger partial charge in [0, 0.05) is 18.3 Å². The molecule has 0 spiro atoms. The van der Waals surface area contributed by atoms with E-state index in [-0.39, 0.29) is 11.7 Å². The van der Waals surface area contributed by atoms with Crippen molar-refractivity contribution in [2.45, 2.75) is 13.8 Å².